The predicted octanol–water partition coefficient (Wildman–Crippen LogP) is 7.49. The van der Waals surface area contributed by atoms with Gasteiger partial charge in [0.05, 0.1) is 25.3 Å². The summed E-state index contributed by atoms with van der Waals surface area (Å²) in [5.41, 5.74) is 12.6. The fourth-order valence-electron chi connectivity index (χ4n) is 4.64. The normalized spacial score (nSPS) is 10.7. The SMILES string of the molecule is COC(=O)c1ccc(-c2cc(C)c(-c3cc(C)c(-c4ccc(C(=O)OC)cc4)cc3C)cc2C)cc1. The van der Waals surface area contributed by atoms with Crippen LogP contribution in [0.1, 0.15) is 43.0 Å². The van der Waals surface area contributed by atoms with Gasteiger partial charge in [0.25, 0.3) is 0 Å². The van der Waals surface area contributed by atoms with Gasteiger partial charge in [0.15, 0.2) is 0 Å². The van der Waals surface area contributed by atoms with E-state index in [4.69, 9.17) is 9.47 Å². The van der Waals surface area contributed by atoms with E-state index in [1.54, 1.807) is 24.3 Å². The number of esters is 2. The Labute approximate surface area is 212 Å². The molecule has 0 saturated heterocycles. The van der Waals surface area contributed by atoms with Gasteiger partial charge in [-0.15, -0.1) is 0 Å². The molecular formula is C32H30O4. The molecule has 0 atom stereocenters. The maximum atomic E-state index is 11.8. The van der Waals surface area contributed by atoms with Gasteiger partial charge in [-0.05, 0) is 108 Å². The number of methoxy groups -OCH3 is 2. The number of rotatable bonds is 5. The Morgan fingerprint density at radius 1 is 0.472 bits per heavy atom. The molecule has 0 saturated carbocycles. The van der Waals surface area contributed by atoms with Crippen molar-refractivity contribution < 1.29 is 19.1 Å². The lowest BCUT2D eigenvalue weighted by Gasteiger charge is -2.17. The lowest BCUT2D eigenvalue weighted by Crippen LogP contribution is -2.00. The summed E-state index contributed by atoms with van der Waals surface area (Å²) in [5, 5.41) is 0. The van der Waals surface area contributed by atoms with E-state index in [1.165, 1.54) is 47.6 Å². The average molecular weight is 479 g/mol. The van der Waals surface area contributed by atoms with Gasteiger partial charge < -0.3 is 9.47 Å². The van der Waals surface area contributed by atoms with E-state index >= 15 is 0 Å². The standard InChI is InChI=1S/C32H30O4/c1-19-17-29(21(3)15-27(19)23-7-11-25(12-8-23)31(33)35-5)30-18-20(2)28(16-22(30)4)24-9-13-26(14-10-24)32(34)36-6/h7-18H,1-6H3. The Hall–Kier alpha value is -4.18. The number of carbonyl (C=O) groups excluding carboxylic acids is 2. The molecule has 0 aliphatic carbocycles. The van der Waals surface area contributed by atoms with Crippen LogP contribution in [0.5, 0.6) is 0 Å². The summed E-state index contributed by atoms with van der Waals surface area (Å²) >= 11 is 0. The van der Waals surface area contributed by atoms with Gasteiger partial charge in [0, 0.05) is 0 Å². The van der Waals surface area contributed by atoms with Crippen molar-refractivity contribution in [2.75, 3.05) is 14.2 Å². The summed E-state index contributed by atoms with van der Waals surface area (Å²) in [6.45, 7) is 8.50. The van der Waals surface area contributed by atoms with E-state index < -0.39 is 0 Å². The molecule has 36 heavy (non-hydrogen) atoms. The summed E-state index contributed by atoms with van der Waals surface area (Å²) in [5.74, 6) is -0.669. The molecule has 0 amide bonds. The van der Waals surface area contributed by atoms with Crippen LogP contribution < -0.4 is 0 Å². The molecule has 0 aliphatic rings. The maximum Gasteiger partial charge on any atom is 0.337 e. The number of aryl methyl sites for hydroxylation is 4. The van der Waals surface area contributed by atoms with Crippen molar-refractivity contribution in [1.82, 2.24) is 0 Å². The van der Waals surface area contributed by atoms with Crippen LogP contribution in [0, 0.1) is 27.7 Å². The molecule has 4 nitrogen and oxygen atoms in total. The minimum atomic E-state index is -0.335. The molecule has 0 spiro atoms. The molecule has 4 rings (SSSR count). The summed E-state index contributed by atoms with van der Waals surface area (Å²) in [6, 6.07) is 24.0. The van der Waals surface area contributed by atoms with Crippen molar-refractivity contribution in [3.63, 3.8) is 0 Å². The van der Waals surface area contributed by atoms with Crippen LogP contribution in [-0.2, 0) is 9.47 Å². The van der Waals surface area contributed by atoms with Gasteiger partial charge in [-0.25, -0.2) is 9.59 Å². The third kappa shape index (κ3) is 4.80. The molecule has 0 heterocycles. The summed E-state index contributed by atoms with van der Waals surface area (Å²) in [7, 11) is 2.78. The van der Waals surface area contributed by atoms with Crippen molar-refractivity contribution in [2.24, 2.45) is 0 Å². The third-order valence-corrected chi connectivity index (χ3v) is 6.67. The second-order valence-electron chi connectivity index (χ2n) is 9.10. The van der Waals surface area contributed by atoms with Crippen molar-refractivity contribution in [3.05, 3.63) is 106 Å². The van der Waals surface area contributed by atoms with Crippen LogP contribution >= 0.6 is 0 Å². The first-order chi connectivity index (χ1) is 17.2. The fraction of sp³-hybridized carbons (Fsp3) is 0.188. The minimum absolute atomic E-state index is 0.335. The summed E-state index contributed by atoms with van der Waals surface area (Å²) in [4.78, 5) is 23.5. The topological polar surface area (TPSA) is 52.6 Å². The van der Waals surface area contributed by atoms with E-state index in [2.05, 4.69) is 52.0 Å². The zero-order valence-electron chi connectivity index (χ0n) is 21.6. The maximum absolute atomic E-state index is 11.8. The van der Waals surface area contributed by atoms with Gasteiger partial charge in [0.1, 0.15) is 0 Å². The second kappa shape index (κ2) is 10.2. The second-order valence-corrected chi connectivity index (χ2v) is 9.10. The van der Waals surface area contributed by atoms with Crippen LogP contribution in [0.2, 0.25) is 0 Å². The van der Waals surface area contributed by atoms with Crippen LogP contribution in [0.15, 0.2) is 72.8 Å². The predicted molar refractivity (Wildman–Crippen MR) is 144 cm³/mol. The van der Waals surface area contributed by atoms with E-state index in [0.717, 1.165) is 22.3 Å². The first-order valence-electron chi connectivity index (χ1n) is 11.8. The van der Waals surface area contributed by atoms with Crippen molar-refractivity contribution >= 4 is 11.9 Å². The fourth-order valence-corrected chi connectivity index (χ4v) is 4.64. The van der Waals surface area contributed by atoms with Crippen LogP contribution in [0.25, 0.3) is 33.4 Å². The molecule has 0 unspecified atom stereocenters. The van der Waals surface area contributed by atoms with E-state index in [9.17, 15) is 9.59 Å². The van der Waals surface area contributed by atoms with Crippen molar-refractivity contribution in [2.45, 2.75) is 27.7 Å². The average Bonchev–Trinajstić information content (AvgIpc) is 2.90. The van der Waals surface area contributed by atoms with Gasteiger partial charge in [-0.1, -0.05) is 48.5 Å². The lowest BCUT2D eigenvalue weighted by atomic mass is 9.87. The van der Waals surface area contributed by atoms with E-state index in [1.807, 2.05) is 24.3 Å². The van der Waals surface area contributed by atoms with Gasteiger partial charge >= 0.3 is 11.9 Å². The lowest BCUT2D eigenvalue weighted by molar-refractivity contribution is 0.0592. The van der Waals surface area contributed by atoms with Crippen LogP contribution in [0.3, 0.4) is 0 Å². The highest BCUT2D eigenvalue weighted by Crippen LogP contribution is 2.36. The van der Waals surface area contributed by atoms with Gasteiger partial charge in [0.2, 0.25) is 0 Å². The van der Waals surface area contributed by atoms with Crippen molar-refractivity contribution in [1.29, 1.82) is 0 Å². The van der Waals surface area contributed by atoms with E-state index in [-0.39, 0.29) is 11.9 Å². The molecule has 4 aromatic carbocycles. The largest absolute Gasteiger partial charge is 0.465 e. The molecule has 182 valence electrons. The summed E-state index contributed by atoms with van der Waals surface area (Å²) in [6.07, 6.45) is 0. The number of carbonyl (C=O) groups is 2. The smallest absolute Gasteiger partial charge is 0.337 e. The first kappa shape index (κ1) is 24.9. The Morgan fingerprint density at radius 3 is 1.06 bits per heavy atom. The Balaban J connectivity index is 1.69. The third-order valence-electron chi connectivity index (χ3n) is 6.67. The molecule has 0 aromatic heterocycles. The zero-order valence-corrected chi connectivity index (χ0v) is 21.6. The Morgan fingerprint density at radius 2 is 0.750 bits per heavy atom. The van der Waals surface area contributed by atoms with Crippen LogP contribution in [-0.4, -0.2) is 26.2 Å². The molecule has 0 fully saturated rings. The van der Waals surface area contributed by atoms with Gasteiger partial charge in [-0.2, -0.15) is 0 Å². The molecule has 4 aromatic rings. The van der Waals surface area contributed by atoms with Crippen molar-refractivity contribution in [3.8, 4) is 33.4 Å². The van der Waals surface area contributed by atoms with Crippen LogP contribution in [0.4, 0.5) is 0 Å². The van der Waals surface area contributed by atoms with Gasteiger partial charge in [-0.3, -0.25) is 0 Å². The highest BCUT2D eigenvalue weighted by molar-refractivity contribution is 5.91. The Kier molecular flexibility index (Phi) is 7.07. The molecule has 0 N–H and O–H groups in total. The van der Waals surface area contributed by atoms with E-state index in [0.29, 0.717) is 11.1 Å². The molecular weight excluding hydrogens is 448 g/mol. The molecule has 4 heteroatoms. The highest BCUT2D eigenvalue weighted by Gasteiger charge is 2.14. The minimum Gasteiger partial charge on any atom is -0.465 e. The first-order valence-corrected chi connectivity index (χ1v) is 11.8. The number of hydrogen-bond acceptors (Lipinski definition) is 4. The highest BCUT2D eigenvalue weighted by atomic mass is 16.5. The number of hydrogen-bond donors (Lipinski definition) is 0. The molecule has 0 radical (unpaired) electrons. The zero-order chi connectivity index (χ0) is 26.0. The Bertz CT molecular complexity index is 1330. The molecule has 0 bridgehead atoms. The number of benzene rings is 4. The molecule has 0 aliphatic heterocycles. The quantitative estimate of drug-likeness (QED) is 0.279. The number of ether oxygens (including phenoxy) is 2. The summed E-state index contributed by atoms with van der Waals surface area (Å²) < 4.78 is 9.62. The monoisotopic (exact) mass is 478 g/mol.